The summed E-state index contributed by atoms with van der Waals surface area (Å²) in [7, 11) is 0. The van der Waals surface area contributed by atoms with Gasteiger partial charge in [-0.3, -0.25) is 9.59 Å². The average molecular weight is 444 g/mol. The van der Waals surface area contributed by atoms with Crippen molar-refractivity contribution in [3.05, 3.63) is 59.9 Å². The van der Waals surface area contributed by atoms with Gasteiger partial charge in [-0.15, -0.1) is 10.2 Å². The Kier molecular flexibility index (Phi) is 5.94. The van der Waals surface area contributed by atoms with E-state index in [0.717, 1.165) is 60.8 Å². The molecule has 1 N–H and O–H groups in total. The lowest BCUT2D eigenvalue weighted by atomic mass is 10.1. The van der Waals surface area contributed by atoms with Crippen molar-refractivity contribution in [2.45, 2.75) is 52.0 Å². The number of rotatable bonds is 5. The van der Waals surface area contributed by atoms with Crippen LogP contribution < -0.4 is 10.2 Å². The van der Waals surface area contributed by atoms with E-state index in [1.54, 1.807) is 4.90 Å². The lowest BCUT2D eigenvalue weighted by molar-refractivity contribution is -0.122. The topological polar surface area (TPSA) is 80.1 Å². The summed E-state index contributed by atoms with van der Waals surface area (Å²) in [5.74, 6) is 1.44. The van der Waals surface area contributed by atoms with Gasteiger partial charge < -0.3 is 14.8 Å². The third-order valence-electron chi connectivity index (χ3n) is 6.65. The number of aryl methyl sites for hydroxylation is 2. The van der Waals surface area contributed by atoms with Crippen molar-refractivity contribution in [2.75, 3.05) is 16.8 Å². The molecule has 33 heavy (non-hydrogen) atoms. The summed E-state index contributed by atoms with van der Waals surface area (Å²) in [6, 6.07) is 15.7. The Labute approximate surface area is 193 Å². The molecule has 2 aromatic carbocycles. The minimum atomic E-state index is -0.366. The van der Waals surface area contributed by atoms with Crippen LogP contribution in [0.15, 0.2) is 48.5 Å². The zero-order chi connectivity index (χ0) is 22.8. The van der Waals surface area contributed by atoms with Gasteiger partial charge in [0, 0.05) is 42.9 Å². The molecule has 1 atom stereocenters. The first-order chi connectivity index (χ1) is 16.1. The summed E-state index contributed by atoms with van der Waals surface area (Å²) >= 11 is 0. The molecule has 0 saturated carbocycles. The van der Waals surface area contributed by atoms with Crippen LogP contribution in [0.4, 0.5) is 11.4 Å². The fourth-order valence-corrected chi connectivity index (χ4v) is 4.72. The van der Waals surface area contributed by atoms with E-state index >= 15 is 0 Å². The molecule has 5 rings (SSSR count). The molecule has 1 aromatic heterocycles. The van der Waals surface area contributed by atoms with Gasteiger partial charge >= 0.3 is 0 Å². The van der Waals surface area contributed by atoms with Gasteiger partial charge in [0.2, 0.25) is 11.8 Å². The van der Waals surface area contributed by atoms with Crippen LogP contribution in [-0.2, 0) is 29.0 Å². The smallest absolute Gasteiger partial charge is 0.229 e. The van der Waals surface area contributed by atoms with E-state index in [0.29, 0.717) is 6.54 Å². The predicted molar refractivity (Wildman–Crippen MR) is 128 cm³/mol. The van der Waals surface area contributed by atoms with Crippen LogP contribution in [0.5, 0.6) is 0 Å². The number of benzene rings is 2. The number of fused-ring (bicyclic) bond motifs is 1. The summed E-state index contributed by atoms with van der Waals surface area (Å²) in [4.78, 5) is 27.2. The number of aromatic nitrogens is 3. The largest absolute Gasteiger partial charge is 0.326 e. The zero-order valence-corrected chi connectivity index (χ0v) is 19.0. The number of hydrogen-bond donors (Lipinski definition) is 1. The number of nitrogens with one attached hydrogen (secondary N) is 1. The summed E-state index contributed by atoms with van der Waals surface area (Å²) in [6.07, 6.45) is 5.64. The van der Waals surface area contributed by atoms with Gasteiger partial charge in [0.1, 0.15) is 5.82 Å². The summed E-state index contributed by atoms with van der Waals surface area (Å²) in [5, 5.41) is 11.8. The van der Waals surface area contributed by atoms with Gasteiger partial charge in [-0.05, 0) is 61.2 Å². The molecule has 2 amide bonds. The molecule has 2 aliphatic rings. The highest BCUT2D eigenvalue weighted by Gasteiger charge is 2.35. The summed E-state index contributed by atoms with van der Waals surface area (Å²) in [6.45, 7) is 3.44. The number of carbonyl (C=O) groups excluding carboxylic acids is 2. The van der Waals surface area contributed by atoms with Crippen molar-refractivity contribution in [3.63, 3.8) is 0 Å². The highest BCUT2D eigenvalue weighted by atomic mass is 16.2. The molecule has 1 fully saturated rings. The molecule has 3 aromatic rings. The highest BCUT2D eigenvalue weighted by molar-refractivity contribution is 6.03. The van der Waals surface area contributed by atoms with E-state index in [9.17, 15) is 9.59 Å². The van der Waals surface area contributed by atoms with Gasteiger partial charge in [0.15, 0.2) is 5.82 Å². The van der Waals surface area contributed by atoms with Gasteiger partial charge in [-0.1, -0.05) is 25.5 Å². The molecule has 170 valence electrons. The zero-order valence-electron chi connectivity index (χ0n) is 19.0. The minimum Gasteiger partial charge on any atom is -0.326 e. The second-order valence-electron chi connectivity index (χ2n) is 8.90. The number of carbonyl (C=O) groups is 2. The van der Waals surface area contributed by atoms with Crippen molar-refractivity contribution in [1.82, 2.24) is 14.8 Å². The first-order valence-electron chi connectivity index (χ1n) is 11.8. The third-order valence-corrected chi connectivity index (χ3v) is 6.65. The second kappa shape index (κ2) is 9.17. The lowest BCUT2D eigenvalue weighted by Crippen LogP contribution is -2.28. The van der Waals surface area contributed by atoms with Crippen LogP contribution in [0.25, 0.3) is 11.4 Å². The number of anilines is 2. The van der Waals surface area contributed by atoms with E-state index in [1.165, 1.54) is 12.0 Å². The molecule has 1 saturated heterocycles. The van der Waals surface area contributed by atoms with Crippen molar-refractivity contribution in [3.8, 4) is 11.4 Å². The first kappa shape index (κ1) is 21.4. The van der Waals surface area contributed by atoms with Crippen LogP contribution in [0, 0.1) is 5.92 Å². The van der Waals surface area contributed by atoms with E-state index < -0.39 is 0 Å². The molecule has 0 bridgehead atoms. The van der Waals surface area contributed by atoms with Crippen molar-refractivity contribution in [1.29, 1.82) is 0 Å². The Morgan fingerprint density at radius 1 is 1.09 bits per heavy atom. The van der Waals surface area contributed by atoms with Gasteiger partial charge in [0.05, 0.1) is 5.92 Å². The van der Waals surface area contributed by atoms with Crippen LogP contribution in [0.3, 0.4) is 0 Å². The van der Waals surface area contributed by atoms with E-state index in [-0.39, 0.29) is 24.2 Å². The molecule has 7 nitrogen and oxygen atoms in total. The Balaban J connectivity index is 1.25. The number of nitrogens with zero attached hydrogens (tertiary/aromatic N) is 4. The maximum Gasteiger partial charge on any atom is 0.229 e. The van der Waals surface area contributed by atoms with Crippen LogP contribution in [0.2, 0.25) is 0 Å². The standard InChI is InChI=1S/C26H29N5O2/c1-2-18-7-6-8-22(15-18)31-17-20(16-24(31)32)26(33)27-21-12-10-19(11-13-21)25-29-28-23-9-4-3-5-14-30(23)25/h6-8,10-13,15,20H,2-5,9,14,16-17H2,1H3,(H,27,33)/t20-/m0/s1. The Bertz CT molecular complexity index is 1170. The van der Waals surface area contributed by atoms with Crippen LogP contribution >= 0.6 is 0 Å². The quantitative estimate of drug-likeness (QED) is 0.640. The second-order valence-corrected chi connectivity index (χ2v) is 8.90. The van der Waals surface area contributed by atoms with Gasteiger partial charge in [-0.2, -0.15) is 0 Å². The van der Waals surface area contributed by atoms with E-state index in [1.807, 2.05) is 42.5 Å². The highest BCUT2D eigenvalue weighted by Crippen LogP contribution is 2.28. The molecule has 0 radical (unpaired) electrons. The van der Waals surface area contributed by atoms with Crippen LogP contribution in [0.1, 0.15) is 44.0 Å². The van der Waals surface area contributed by atoms with Crippen LogP contribution in [-0.4, -0.2) is 33.1 Å². The van der Waals surface area contributed by atoms with E-state index in [4.69, 9.17) is 0 Å². The molecular weight excluding hydrogens is 414 g/mol. The SMILES string of the molecule is CCc1cccc(N2C[C@@H](C(=O)Nc3ccc(-c4nnc5n4CCCCC5)cc3)CC2=O)c1. The average Bonchev–Trinajstić information content (AvgIpc) is 3.35. The molecule has 2 aliphatic heterocycles. The molecule has 0 spiro atoms. The third kappa shape index (κ3) is 4.40. The van der Waals surface area contributed by atoms with Crippen molar-refractivity contribution >= 4 is 23.2 Å². The van der Waals surface area contributed by atoms with Gasteiger partial charge in [0.25, 0.3) is 0 Å². The Morgan fingerprint density at radius 2 is 1.94 bits per heavy atom. The van der Waals surface area contributed by atoms with Crippen molar-refractivity contribution < 1.29 is 9.59 Å². The summed E-state index contributed by atoms with van der Waals surface area (Å²) in [5.41, 5.74) is 3.76. The normalized spacial score (nSPS) is 18.2. The first-order valence-corrected chi connectivity index (χ1v) is 11.8. The van der Waals surface area contributed by atoms with Crippen molar-refractivity contribution in [2.24, 2.45) is 5.92 Å². The Morgan fingerprint density at radius 3 is 2.76 bits per heavy atom. The fourth-order valence-electron chi connectivity index (χ4n) is 4.72. The molecule has 3 heterocycles. The Hall–Kier alpha value is -3.48. The number of amides is 2. The summed E-state index contributed by atoms with van der Waals surface area (Å²) < 4.78 is 2.22. The molecule has 0 aliphatic carbocycles. The molecule has 0 unspecified atom stereocenters. The minimum absolute atomic E-state index is 0.00810. The molecule has 7 heteroatoms. The maximum absolute atomic E-state index is 12.9. The maximum atomic E-state index is 12.9. The van der Waals surface area contributed by atoms with E-state index in [2.05, 4.69) is 33.1 Å². The molecular formula is C26H29N5O2. The fraction of sp³-hybridized carbons (Fsp3) is 0.385. The number of hydrogen-bond acceptors (Lipinski definition) is 4. The monoisotopic (exact) mass is 443 g/mol. The van der Waals surface area contributed by atoms with Gasteiger partial charge in [-0.25, -0.2) is 0 Å². The lowest BCUT2D eigenvalue weighted by Gasteiger charge is -2.17. The predicted octanol–water partition coefficient (Wildman–Crippen LogP) is 4.23.